The second-order valence-corrected chi connectivity index (χ2v) is 6.31. The second-order valence-electron chi connectivity index (χ2n) is 4.36. The summed E-state index contributed by atoms with van der Waals surface area (Å²) in [7, 11) is 4.02. The fraction of sp³-hybridized carbons (Fsp3) is 0.583. The van der Waals surface area contributed by atoms with Crippen molar-refractivity contribution in [2.75, 3.05) is 30.9 Å². The average molecular weight is 297 g/mol. The maximum Gasteiger partial charge on any atom is 0.206 e. The van der Waals surface area contributed by atoms with Crippen molar-refractivity contribution in [3.63, 3.8) is 0 Å². The molecule has 0 aliphatic rings. The molecule has 0 spiro atoms. The van der Waals surface area contributed by atoms with E-state index in [1.165, 1.54) is 0 Å². The number of anilines is 2. The number of nitrogens with one attached hydrogen (secondary N) is 1. The van der Waals surface area contributed by atoms with Gasteiger partial charge in [0.15, 0.2) is 10.1 Å². The Morgan fingerprint density at radius 2 is 1.95 bits per heavy atom. The molecule has 2 aromatic rings. The van der Waals surface area contributed by atoms with Crippen LogP contribution in [0.4, 0.5) is 10.3 Å². The van der Waals surface area contributed by atoms with Gasteiger partial charge in [-0.3, -0.25) is 0 Å². The molecule has 0 aliphatic carbocycles. The molecular weight excluding hydrogens is 278 g/mol. The maximum atomic E-state index is 4.64. The summed E-state index contributed by atoms with van der Waals surface area (Å²) >= 11 is 3.28. The predicted molar refractivity (Wildman–Crippen MR) is 83.5 cm³/mol. The van der Waals surface area contributed by atoms with Gasteiger partial charge in [0.05, 0.1) is 10.6 Å². The molecule has 1 N–H and O–H groups in total. The summed E-state index contributed by atoms with van der Waals surface area (Å²) in [5.74, 6) is 0. The second kappa shape index (κ2) is 6.29. The third-order valence-electron chi connectivity index (χ3n) is 2.55. The molecule has 0 bridgehead atoms. The van der Waals surface area contributed by atoms with E-state index in [1.807, 2.05) is 19.0 Å². The molecule has 7 heteroatoms. The van der Waals surface area contributed by atoms with E-state index in [4.69, 9.17) is 0 Å². The van der Waals surface area contributed by atoms with Gasteiger partial charge in [-0.05, 0) is 12.8 Å². The highest BCUT2D eigenvalue weighted by molar-refractivity contribution is 7.25. The van der Waals surface area contributed by atoms with Crippen LogP contribution < -0.4 is 10.2 Å². The van der Waals surface area contributed by atoms with Crippen molar-refractivity contribution < 1.29 is 0 Å². The molecule has 2 rings (SSSR count). The van der Waals surface area contributed by atoms with Crippen LogP contribution >= 0.6 is 22.7 Å². The molecule has 0 radical (unpaired) electrons. The molecule has 2 aromatic heterocycles. The van der Waals surface area contributed by atoms with Crippen molar-refractivity contribution in [2.45, 2.75) is 26.7 Å². The first kappa shape index (κ1) is 14.2. The molecule has 2 heterocycles. The van der Waals surface area contributed by atoms with E-state index in [0.717, 1.165) is 45.2 Å². The van der Waals surface area contributed by atoms with Crippen LogP contribution in [-0.4, -0.2) is 35.8 Å². The first-order chi connectivity index (χ1) is 9.15. The van der Waals surface area contributed by atoms with E-state index in [0.29, 0.717) is 0 Å². The van der Waals surface area contributed by atoms with Crippen LogP contribution in [0, 0.1) is 0 Å². The lowest BCUT2D eigenvalue weighted by Crippen LogP contribution is -2.07. The highest BCUT2D eigenvalue weighted by Gasteiger charge is 2.16. The van der Waals surface area contributed by atoms with Crippen molar-refractivity contribution in [2.24, 2.45) is 0 Å². The van der Waals surface area contributed by atoms with Gasteiger partial charge in [-0.2, -0.15) is 0 Å². The van der Waals surface area contributed by atoms with Crippen molar-refractivity contribution >= 4 is 32.9 Å². The Morgan fingerprint density at radius 3 is 2.58 bits per heavy atom. The summed E-state index contributed by atoms with van der Waals surface area (Å²) < 4.78 is 0. The SMILES string of the molecule is CCCNc1nnc(-c2sc(N(C)C)nc2CC)s1. The zero-order valence-electron chi connectivity index (χ0n) is 11.7. The number of aromatic nitrogens is 3. The number of rotatable bonds is 6. The van der Waals surface area contributed by atoms with Crippen molar-refractivity contribution in [1.82, 2.24) is 15.2 Å². The van der Waals surface area contributed by atoms with E-state index in [1.54, 1.807) is 22.7 Å². The van der Waals surface area contributed by atoms with Crippen LogP contribution in [0.2, 0.25) is 0 Å². The van der Waals surface area contributed by atoms with Gasteiger partial charge in [-0.15, -0.1) is 10.2 Å². The number of nitrogens with zero attached hydrogens (tertiary/aromatic N) is 4. The van der Waals surface area contributed by atoms with Crippen molar-refractivity contribution in [3.8, 4) is 9.88 Å². The lowest BCUT2D eigenvalue weighted by atomic mass is 10.3. The Hall–Kier alpha value is -1.21. The van der Waals surface area contributed by atoms with Gasteiger partial charge in [-0.1, -0.05) is 36.5 Å². The Balaban J connectivity index is 2.27. The summed E-state index contributed by atoms with van der Waals surface area (Å²) in [4.78, 5) is 7.82. The molecule has 0 aromatic carbocycles. The molecule has 0 saturated heterocycles. The van der Waals surface area contributed by atoms with E-state index in [-0.39, 0.29) is 0 Å². The van der Waals surface area contributed by atoms with Crippen LogP contribution in [-0.2, 0) is 6.42 Å². The van der Waals surface area contributed by atoms with Crippen molar-refractivity contribution in [1.29, 1.82) is 0 Å². The Bertz CT molecular complexity index is 532. The standard InChI is InChI=1S/C12H19N5S2/c1-5-7-13-11-16-15-10(19-11)9-8(6-2)14-12(18-9)17(3)4/h5-7H2,1-4H3,(H,13,16). The molecule has 19 heavy (non-hydrogen) atoms. The molecular formula is C12H19N5S2. The molecule has 104 valence electrons. The summed E-state index contributed by atoms with van der Waals surface area (Å²) in [6.45, 7) is 5.19. The topological polar surface area (TPSA) is 53.9 Å². The average Bonchev–Trinajstić information content (AvgIpc) is 3.02. The highest BCUT2D eigenvalue weighted by atomic mass is 32.1. The lowest BCUT2D eigenvalue weighted by molar-refractivity contribution is 0.963. The zero-order valence-corrected chi connectivity index (χ0v) is 13.4. The van der Waals surface area contributed by atoms with E-state index < -0.39 is 0 Å². The normalized spacial score (nSPS) is 10.7. The van der Waals surface area contributed by atoms with Gasteiger partial charge in [0.1, 0.15) is 0 Å². The number of hydrogen-bond donors (Lipinski definition) is 1. The minimum absolute atomic E-state index is 0.888. The fourth-order valence-corrected chi connectivity index (χ4v) is 3.49. The van der Waals surface area contributed by atoms with Crippen LogP contribution in [0.3, 0.4) is 0 Å². The van der Waals surface area contributed by atoms with Crippen LogP contribution in [0.1, 0.15) is 26.0 Å². The quantitative estimate of drug-likeness (QED) is 0.888. The Morgan fingerprint density at radius 1 is 1.16 bits per heavy atom. The van der Waals surface area contributed by atoms with Crippen molar-refractivity contribution in [3.05, 3.63) is 5.69 Å². The lowest BCUT2D eigenvalue weighted by Gasteiger charge is -2.05. The highest BCUT2D eigenvalue weighted by Crippen LogP contribution is 2.37. The van der Waals surface area contributed by atoms with E-state index >= 15 is 0 Å². The van der Waals surface area contributed by atoms with Gasteiger partial charge in [-0.25, -0.2) is 4.98 Å². The smallest absolute Gasteiger partial charge is 0.206 e. The number of aryl methyl sites for hydroxylation is 1. The summed E-state index contributed by atoms with van der Waals surface area (Å²) in [5.41, 5.74) is 1.10. The fourth-order valence-electron chi connectivity index (χ4n) is 1.56. The molecule has 0 unspecified atom stereocenters. The summed E-state index contributed by atoms with van der Waals surface area (Å²) in [5, 5.41) is 14.6. The number of thiazole rings is 1. The third kappa shape index (κ3) is 3.22. The van der Waals surface area contributed by atoms with Gasteiger partial charge < -0.3 is 10.2 Å². The van der Waals surface area contributed by atoms with E-state index in [9.17, 15) is 0 Å². The minimum Gasteiger partial charge on any atom is -0.360 e. The summed E-state index contributed by atoms with van der Waals surface area (Å²) in [6, 6.07) is 0. The molecule has 0 fully saturated rings. The van der Waals surface area contributed by atoms with E-state index in [2.05, 4.69) is 34.3 Å². The molecule has 5 nitrogen and oxygen atoms in total. The summed E-state index contributed by atoms with van der Waals surface area (Å²) in [6.07, 6.45) is 2.00. The first-order valence-electron chi connectivity index (χ1n) is 6.40. The van der Waals surface area contributed by atoms with Crippen LogP contribution in [0.5, 0.6) is 0 Å². The minimum atomic E-state index is 0.888. The molecule has 0 amide bonds. The largest absolute Gasteiger partial charge is 0.360 e. The van der Waals surface area contributed by atoms with Gasteiger partial charge in [0, 0.05) is 20.6 Å². The third-order valence-corrected chi connectivity index (χ3v) is 4.85. The predicted octanol–water partition coefficient (Wildman–Crippen LogP) is 3.11. The van der Waals surface area contributed by atoms with Gasteiger partial charge in [0.2, 0.25) is 5.13 Å². The zero-order chi connectivity index (χ0) is 13.8. The van der Waals surface area contributed by atoms with Gasteiger partial charge >= 0.3 is 0 Å². The first-order valence-corrected chi connectivity index (χ1v) is 8.03. The molecule has 0 atom stereocenters. The Kier molecular flexibility index (Phi) is 4.71. The van der Waals surface area contributed by atoms with Crippen LogP contribution in [0.15, 0.2) is 0 Å². The maximum absolute atomic E-state index is 4.64. The van der Waals surface area contributed by atoms with Crippen LogP contribution in [0.25, 0.3) is 9.88 Å². The molecule has 0 saturated carbocycles. The number of hydrogen-bond acceptors (Lipinski definition) is 7. The molecule has 0 aliphatic heterocycles. The van der Waals surface area contributed by atoms with Gasteiger partial charge in [0.25, 0.3) is 0 Å². The monoisotopic (exact) mass is 297 g/mol. The Labute approximate surface area is 121 Å².